The highest BCUT2D eigenvalue weighted by molar-refractivity contribution is 5.77. The summed E-state index contributed by atoms with van der Waals surface area (Å²) >= 11 is 0. The molecule has 118 valence electrons. The number of nitrogens with two attached hydrogens (primary N) is 1. The van der Waals surface area contributed by atoms with Crippen molar-refractivity contribution >= 4 is 5.91 Å². The molecule has 1 atom stereocenters. The van der Waals surface area contributed by atoms with Crippen LogP contribution in [0.2, 0.25) is 0 Å². The van der Waals surface area contributed by atoms with E-state index in [1.807, 2.05) is 19.1 Å². The van der Waals surface area contributed by atoms with E-state index in [9.17, 15) is 4.79 Å². The van der Waals surface area contributed by atoms with Crippen molar-refractivity contribution < 1.29 is 19.0 Å². The van der Waals surface area contributed by atoms with Crippen LogP contribution in [0.25, 0.3) is 0 Å². The molecule has 1 aromatic rings. The fourth-order valence-electron chi connectivity index (χ4n) is 1.73. The minimum Gasteiger partial charge on any atom is -0.493 e. The van der Waals surface area contributed by atoms with Gasteiger partial charge < -0.3 is 25.3 Å². The highest BCUT2D eigenvalue weighted by atomic mass is 16.5. The summed E-state index contributed by atoms with van der Waals surface area (Å²) in [6.45, 7) is 3.02. The minimum absolute atomic E-state index is 0.0547. The van der Waals surface area contributed by atoms with Gasteiger partial charge in [-0.1, -0.05) is 6.07 Å². The van der Waals surface area contributed by atoms with Gasteiger partial charge >= 0.3 is 0 Å². The first-order valence-electron chi connectivity index (χ1n) is 6.90. The fourth-order valence-corrected chi connectivity index (χ4v) is 1.73. The van der Waals surface area contributed by atoms with Crippen LogP contribution in [0.5, 0.6) is 11.5 Å². The molecule has 21 heavy (non-hydrogen) atoms. The first kappa shape index (κ1) is 17.3. The van der Waals surface area contributed by atoms with Gasteiger partial charge in [0.2, 0.25) is 0 Å². The van der Waals surface area contributed by atoms with Crippen molar-refractivity contribution in [1.29, 1.82) is 0 Å². The summed E-state index contributed by atoms with van der Waals surface area (Å²) in [5.41, 5.74) is 6.77. The van der Waals surface area contributed by atoms with Crippen LogP contribution in [0, 0.1) is 0 Å². The van der Waals surface area contributed by atoms with Crippen LogP contribution in [0.3, 0.4) is 0 Å². The Bertz CT molecular complexity index is 449. The third kappa shape index (κ3) is 6.01. The highest BCUT2D eigenvalue weighted by Crippen LogP contribution is 2.29. The molecule has 0 saturated carbocycles. The number of carbonyl (C=O) groups is 1. The Morgan fingerprint density at radius 3 is 2.71 bits per heavy atom. The summed E-state index contributed by atoms with van der Waals surface area (Å²) in [4.78, 5) is 11.6. The van der Waals surface area contributed by atoms with E-state index in [0.29, 0.717) is 24.7 Å². The SMILES string of the molecule is COCCCNC(=O)COc1ccc(C(C)N)cc1OC. The number of carbonyl (C=O) groups excluding carboxylic acids is 1. The van der Waals surface area contributed by atoms with Crippen LogP contribution in [0.15, 0.2) is 18.2 Å². The molecule has 1 aromatic carbocycles. The lowest BCUT2D eigenvalue weighted by Crippen LogP contribution is -2.30. The van der Waals surface area contributed by atoms with Crippen LogP contribution in [0.4, 0.5) is 0 Å². The number of nitrogens with one attached hydrogen (secondary N) is 1. The van der Waals surface area contributed by atoms with Crippen molar-refractivity contribution in [2.45, 2.75) is 19.4 Å². The van der Waals surface area contributed by atoms with Crippen molar-refractivity contribution in [2.75, 3.05) is 34.0 Å². The first-order chi connectivity index (χ1) is 10.1. The zero-order valence-electron chi connectivity index (χ0n) is 12.8. The number of ether oxygens (including phenoxy) is 3. The largest absolute Gasteiger partial charge is 0.493 e. The summed E-state index contributed by atoms with van der Waals surface area (Å²) < 4.78 is 15.6. The average molecular weight is 296 g/mol. The number of amides is 1. The maximum absolute atomic E-state index is 11.6. The van der Waals surface area contributed by atoms with Gasteiger partial charge in [0.05, 0.1) is 7.11 Å². The van der Waals surface area contributed by atoms with Gasteiger partial charge in [-0.3, -0.25) is 4.79 Å². The summed E-state index contributed by atoms with van der Waals surface area (Å²) in [6, 6.07) is 5.35. The van der Waals surface area contributed by atoms with Gasteiger partial charge in [-0.25, -0.2) is 0 Å². The molecule has 0 radical (unpaired) electrons. The summed E-state index contributed by atoms with van der Waals surface area (Å²) in [5, 5.41) is 2.75. The third-order valence-corrected chi connectivity index (χ3v) is 2.92. The summed E-state index contributed by atoms with van der Waals surface area (Å²) in [7, 11) is 3.18. The average Bonchev–Trinajstić information content (AvgIpc) is 2.49. The molecule has 0 fully saturated rings. The van der Waals surface area contributed by atoms with E-state index in [2.05, 4.69) is 5.32 Å². The lowest BCUT2D eigenvalue weighted by molar-refractivity contribution is -0.123. The standard InChI is InChI=1S/C15H24N2O4/c1-11(16)12-5-6-13(14(9-12)20-3)21-10-15(18)17-7-4-8-19-2/h5-6,9,11H,4,7-8,10,16H2,1-3H3,(H,17,18). The highest BCUT2D eigenvalue weighted by Gasteiger charge is 2.10. The Hall–Kier alpha value is -1.79. The molecule has 0 aliphatic heterocycles. The molecule has 0 saturated heterocycles. The Balaban J connectivity index is 2.49. The molecule has 0 aliphatic rings. The molecular formula is C15H24N2O4. The number of rotatable bonds is 9. The second kappa shape index (κ2) is 9.20. The van der Waals surface area contributed by atoms with Gasteiger partial charge in [0, 0.05) is 26.3 Å². The molecule has 1 rings (SSSR count). The summed E-state index contributed by atoms with van der Waals surface area (Å²) in [6.07, 6.45) is 0.772. The molecular weight excluding hydrogens is 272 g/mol. The quantitative estimate of drug-likeness (QED) is 0.670. The zero-order valence-corrected chi connectivity index (χ0v) is 12.8. The van der Waals surface area contributed by atoms with E-state index in [-0.39, 0.29) is 18.6 Å². The van der Waals surface area contributed by atoms with E-state index >= 15 is 0 Å². The third-order valence-electron chi connectivity index (χ3n) is 2.92. The second-order valence-electron chi connectivity index (χ2n) is 4.68. The van der Waals surface area contributed by atoms with Gasteiger partial charge in [-0.2, -0.15) is 0 Å². The molecule has 0 aliphatic carbocycles. The first-order valence-corrected chi connectivity index (χ1v) is 6.90. The van der Waals surface area contributed by atoms with Crippen molar-refractivity contribution in [3.05, 3.63) is 23.8 Å². The molecule has 6 heteroatoms. The van der Waals surface area contributed by atoms with Crippen LogP contribution < -0.4 is 20.5 Å². The second-order valence-corrected chi connectivity index (χ2v) is 4.68. The Labute approximate surface area is 125 Å². The van der Waals surface area contributed by atoms with Crippen LogP contribution >= 0.6 is 0 Å². The van der Waals surface area contributed by atoms with E-state index < -0.39 is 0 Å². The topological polar surface area (TPSA) is 82.8 Å². The molecule has 0 heterocycles. The van der Waals surface area contributed by atoms with Crippen molar-refractivity contribution in [3.8, 4) is 11.5 Å². The molecule has 3 N–H and O–H groups in total. The minimum atomic E-state index is -0.176. The maximum Gasteiger partial charge on any atom is 0.257 e. The molecule has 0 spiro atoms. The van der Waals surface area contributed by atoms with Gasteiger partial charge in [0.15, 0.2) is 18.1 Å². The lowest BCUT2D eigenvalue weighted by atomic mass is 10.1. The van der Waals surface area contributed by atoms with Crippen LogP contribution in [-0.2, 0) is 9.53 Å². The predicted octanol–water partition coefficient (Wildman–Crippen LogP) is 1.25. The van der Waals surface area contributed by atoms with E-state index in [0.717, 1.165) is 12.0 Å². The van der Waals surface area contributed by atoms with Crippen molar-refractivity contribution in [3.63, 3.8) is 0 Å². The van der Waals surface area contributed by atoms with Crippen LogP contribution in [0.1, 0.15) is 24.9 Å². The summed E-state index contributed by atoms with van der Waals surface area (Å²) in [5.74, 6) is 0.912. The molecule has 0 aromatic heterocycles. The van der Waals surface area contributed by atoms with E-state index in [1.54, 1.807) is 20.3 Å². The normalized spacial score (nSPS) is 11.8. The Morgan fingerprint density at radius 2 is 2.10 bits per heavy atom. The van der Waals surface area contributed by atoms with Gasteiger partial charge in [-0.05, 0) is 31.0 Å². The molecule has 0 bridgehead atoms. The van der Waals surface area contributed by atoms with Crippen LogP contribution in [-0.4, -0.2) is 39.9 Å². The smallest absolute Gasteiger partial charge is 0.257 e. The Morgan fingerprint density at radius 1 is 1.33 bits per heavy atom. The lowest BCUT2D eigenvalue weighted by Gasteiger charge is -2.13. The number of benzene rings is 1. The predicted molar refractivity (Wildman–Crippen MR) is 80.6 cm³/mol. The monoisotopic (exact) mass is 296 g/mol. The maximum atomic E-state index is 11.6. The number of hydrogen-bond donors (Lipinski definition) is 2. The molecule has 1 unspecified atom stereocenters. The van der Waals surface area contributed by atoms with E-state index in [4.69, 9.17) is 19.9 Å². The van der Waals surface area contributed by atoms with E-state index in [1.165, 1.54) is 0 Å². The van der Waals surface area contributed by atoms with Gasteiger partial charge in [0.25, 0.3) is 5.91 Å². The van der Waals surface area contributed by atoms with Gasteiger partial charge in [0.1, 0.15) is 0 Å². The van der Waals surface area contributed by atoms with Gasteiger partial charge in [-0.15, -0.1) is 0 Å². The fraction of sp³-hybridized carbons (Fsp3) is 0.533. The zero-order chi connectivity index (χ0) is 15.7. The Kier molecular flexibility index (Phi) is 7.56. The van der Waals surface area contributed by atoms with Crippen molar-refractivity contribution in [2.24, 2.45) is 5.73 Å². The van der Waals surface area contributed by atoms with Crippen molar-refractivity contribution in [1.82, 2.24) is 5.32 Å². The number of hydrogen-bond acceptors (Lipinski definition) is 5. The number of methoxy groups -OCH3 is 2. The molecule has 1 amide bonds. The molecule has 6 nitrogen and oxygen atoms in total.